The number of fused-ring (bicyclic) bond motifs is 1. The molecule has 0 aliphatic rings. The molecule has 0 atom stereocenters. The first-order valence-corrected chi connectivity index (χ1v) is 4.82. The molecule has 6 heteroatoms. The number of amides is 1. The molecule has 15 heavy (non-hydrogen) atoms. The van der Waals surface area contributed by atoms with Crippen LogP contribution in [0.25, 0.3) is 10.1 Å². The number of esters is 1. The minimum atomic E-state index is -1.13. The SMILES string of the molecule is NC(=O)C(=O)Oc1nsc2ccccc12. The van der Waals surface area contributed by atoms with Gasteiger partial charge in [-0.25, -0.2) is 4.79 Å². The van der Waals surface area contributed by atoms with Crippen LogP contribution in [0.1, 0.15) is 0 Å². The Morgan fingerprint density at radius 3 is 2.80 bits per heavy atom. The van der Waals surface area contributed by atoms with Gasteiger partial charge in [0.25, 0.3) is 0 Å². The molecule has 5 nitrogen and oxygen atoms in total. The summed E-state index contributed by atoms with van der Waals surface area (Å²) in [5.41, 5.74) is 4.76. The highest BCUT2D eigenvalue weighted by molar-refractivity contribution is 7.13. The molecule has 1 amide bonds. The molecule has 1 heterocycles. The van der Waals surface area contributed by atoms with Crippen LogP contribution >= 0.6 is 11.5 Å². The second-order valence-corrected chi connectivity index (χ2v) is 3.54. The van der Waals surface area contributed by atoms with Crippen LogP contribution in [-0.2, 0) is 9.59 Å². The van der Waals surface area contributed by atoms with Crippen molar-refractivity contribution >= 4 is 33.5 Å². The number of carbonyl (C=O) groups is 2. The molecule has 0 fully saturated rings. The van der Waals surface area contributed by atoms with Gasteiger partial charge in [-0.3, -0.25) is 4.79 Å². The van der Waals surface area contributed by atoms with Crippen LogP contribution in [0.3, 0.4) is 0 Å². The van der Waals surface area contributed by atoms with Crippen molar-refractivity contribution < 1.29 is 14.3 Å². The molecule has 0 radical (unpaired) electrons. The lowest BCUT2D eigenvalue weighted by Gasteiger charge is -1.96. The molecular formula is C9H6N2O3S. The van der Waals surface area contributed by atoms with E-state index in [0.29, 0.717) is 5.39 Å². The second kappa shape index (κ2) is 3.66. The quantitative estimate of drug-likeness (QED) is 0.568. The summed E-state index contributed by atoms with van der Waals surface area (Å²) in [4.78, 5) is 21.4. The number of primary amides is 1. The number of benzene rings is 1. The van der Waals surface area contributed by atoms with Crippen molar-refractivity contribution in [3.63, 3.8) is 0 Å². The summed E-state index contributed by atoms with van der Waals surface area (Å²) in [5.74, 6) is -2.11. The Balaban J connectivity index is 2.37. The summed E-state index contributed by atoms with van der Waals surface area (Å²) < 4.78 is 9.50. The first-order valence-electron chi connectivity index (χ1n) is 4.04. The van der Waals surface area contributed by atoms with E-state index in [9.17, 15) is 9.59 Å². The van der Waals surface area contributed by atoms with Gasteiger partial charge < -0.3 is 10.5 Å². The van der Waals surface area contributed by atoms with E-state index in [1.165, 1.54) is 11.5 Å². The fraction of sp³-hybridized carbons (Fsp3) is 0. The fourth-order valence-electron chi connectivity index (χ4n) is 1.07. The Hall–Kier alpha value is -1.95. The molecule has 1 aromatic heterocycles. The van der Waals surface area contributed by atoms with Gasteiger partial charge in [0.2, 0.25) is 5.88 Å². The van der Waals surface area contributed by atoms with Gasteiger partial charge >= 0.3 is 11.9 Å². The highest BCUT2D eigenvalue weighted by Crippen LogP contribution is 2.27. The summed E-state index contributed by atoms with van der Waals surface area (Å²) in [5, 5.41) is 0.692. The number of nitrogens with two attached hydrogens (primary N) is 1. The summed E-state index contributed by atoms with van der Waals surface area (Å²) in [6, 6.07) is 7.23. The lowest BCUT2D eigenvalue weighted by molar-refractivity contribution is -0.146. The fourth-order valence-corrected chi connectivity index (χ4v) is 1.78. The third kappa shape index (κ3) is 1.79. The minimum absolute atomic E-state index is 0.124. The Bertz CT molecular complexity index is 535. The van der Waals surface area contributed by atoms with Crippen LogP contribution in [0.2, 0.25) is 0 Å². The van der Waals surface area contributed by atoms with E-state index in [0.717, 1.165) is 4.70 Å². The number of aromatic nitrogens is 1. The number of carbonyl (C=O) groups excluding carboxylic acids is 2. The predicted octanol–water partition coefficient (Wildman–Crippen LogP) is 0.687. The zero-order valence-corrected chi connectivity index (χ0v) is 8.28. The molecule has 0 aliphatic carbocycles. The Morgan fingerprint density at radius 2 is 2.07 bits per heavy atom. The van der Waals surface area contributed by atoms with Gasteiger partial charge in [-0.05, 0) is 23.7 Å². The smallest absolute Gasteiger partial charge is 0.399 e. The largest absolute Gasteiger partial charge is 0.403 e. The zero-order valence-electron chi connectivity index (χ0n) is 7.47. The maximum absolute atomic E-state index is 10.9. The minimum Gasteiger partial charge on any atom is -0.399 e. The molecule has 0 spiro atoms. The van der Waals surface area contributed by atoms with Gasteiger partial charge in [-0.1, -0.05) is 12.1 Å². The maximum atomic E-state index is 10.9. The molecule has 1 aromatic carbocycles. The average Bonchev–Trinajstić information content (AvgIpc) is 2.62. The second-order valence-electron chi connectivity index (χ2n) is 2.74. The Kier molecular flexibility index (Phi) is 2.34. The van der Waals surface area contributed by atoms with Crippen molar-refractivity contribution in [1.82, 2.24) is 4.37 Å². The molecule has 0 aliphatic heterocycles. The number of ether oxygens (including phenoxy) is 1. The normalized spacial score (nSPS) is 10.1. The van der Waals surface area contributed by atoms with Gasteiger partial charge in [0.1, 0.15) is 0 Å². The van der Waals surface area contributed by atoms with Crippen molar-refractivity contribution in [3.8, 4) is 5.88 Å². The van der Waals surface area contributed by atoms with Crippen LogP contribution < -0.4 is 10.5 Å². The van der Waals surface area contributed by atoms with Gasteiger partial charge in [0, 0.05) is 0 Å². The zero-order chi connectivity index (χ0) is 10.8. The average molecular weight is 222 g/mol. The number of nitrogens with zero attached hydrogens (tertiary/aromatic N) is 1. The van der Waals surface area contributed by atoms with Crippen molar-refractivity contribution in [2.75, 3.05) is 0 Å². The lowest BCUT2D eigenvalue weighted by Crippen LogP contribution is -2.27. The summed E-state index contributed by atoms with van der Waals surface area (Å²) in [7, 11) is 0. The van der Waals surface area contributed by atoms with E-state index in [-0.39, 0.29) is 5.88 Å². The van der Waals surface area contributed by atoms with E-state index >= 15 is 0 Å². The number of hydrogen-bond acceptors (Lipinski definition) is 5. The Labute approximate surface area is 88.6 Å². The highest BCUT2D eigenvalue weighted by atomic mass is 32.1. The first-order chi connectivity index (χ1) is 7.18. The molecule has 0 bridgehead atoms. The molecule has 2 N–H and O–H groups in total. The van der Waals surface area contributed by atoms with Crippen LogP contribution in [0.4, 0.5) is 0 Å². The van der Waals surface area contributed by atoms with Gasteiger partial charge in [-0.2, -0.15) is 4.37 Å². The third-order valence-corrected chi connectivity index (χ3v) is 2.54. The van der Waals surface area contributed by atoms with Gasteiger partial charge in [0.15, 0.2) is 0 Å². The van der Waals surface area contributed by atoms with E-state index < -0.39 is 11.9 Å². The van der Waals surface area contributed by atoms with Crippen molar-refractivity contribution in [1.29, 1.82) is 0 Å². The van der Waals surface area contributed by atoms with E-state index in [4.69, 9.17) is 10.5 Å². The molecule has 0 saturated heterocycles. The molecule has 0 unspecified atom stereocenters. The summed E-state index contributed by atoms with van der Waals surface area (Å²) in [6.07, 6.45) is 0. The van der Waals surface area contributed by atoms with E-state index in [1.54, 1.807) is 12.1 Å². The standard InChI is InChI=1S/C9H6N2O3S/c10-7(12)9(13)14-8-5-3-1-2-4-6(5)15-11-8/h1-4H,(H2,10,12). The highest BCUT2D eigenvalue weighted by Gasteiger charge is 2.15. The lowest BCUT2D eigenvalue weighted by atomic mass is 10.3. The van der Waals surface area contributed by atoms with Gasteiger partial charge in [0.05, 0.1) is 10.1 Å². The van der Waals surface area contributed by atoms with Crippen LogP contribution in [0.5, 0.6) is 5.88 Å². The molecule has 2 rings (SSSR count). The van der Waals surface area contributed by atoms with Crippen LogP contribution in [0, 0.1) is 0 Å². The Morgan fingerprint density at radius 1 is 1.33 bits per heavy atom. The van der Waals surface area contributed by atoms with E-state index in [2.05, 4.69) is 4.37 Å². The molecule has 76 valence electrons. The van der Waals surface area contributed by atoms with Crippen molar-refractivity contribution in [3.05, 3.63) is 24.3 Å². The van der Waals surface area contributed by atoms with E-state index in [1.807, 2.05) is 12.1 Å². The summed E-state index contributed by atoms with van der Waals surface area (Å²) >= 11 is 1.19. The van der Waals surface area contributed by atoms with Gasteiger partial charge in [-0.15, -0.1) is 0 Å². The maximum Gasteiger partial charge on any atom is 0.403 e. The number of hydrogen-bond donors (Lipinski definition) is 1. The van der Waals surface area contributed by atoms with Crippen molar-refractivity contribution in [2.24, 2.45) is 5.73 Å². The monoisotopic (exact) mass is 222 g/mol. The third-order valence-electron chi connectivity index (χ3n) is 1.73. The topological polar surface area (TPSA) is 82.3 Å². The van der Waals surface area contributed by atoms with Crippen LogP contribution in [-0.4, -0.2) is 16.3 Å². The first kappa shape index (κ1) is 9.60. The van der Waals surface area contributed by atoms with Crippen LogP contribution in [0.15, 0.2) is 24.3 Å². The van der Waals surface area contributed by atoms with Crippen molar-refractivity contribution in [2.45, 2.75) is 0 Å². The predicted molar refractivity (Wildman–Crippen MR) is 54.4 cm³/mol. The summed E-state index contributed by atoms with van der Waals surface area (Å²) in [6.45, 7) is 0. The molecular weight excluding hydrogens is 216 g/mol. The molecule has 0 saturated carbocycles. The molecule has 2 aromatic rings. The number of rotatable bonds is 1.